The van der Waals surface area contributed by atoms with Gasteiger partial charge in [-0.15, -0.1) is 0 Å². The molecule has 0 spiro atoms. The van der Waals surface area contributed by atoms with Crippen LogP contribution < -0.4 is 14.8 Å². The number of likely N-dealkylation sites (tertiary alicyclic amines) is 1. The molecule has 0 bridgehead atoms. The number of ether oxygens (including phenoxy) is 2. The van der Waals surface area contributed by atoms with Crippen molar-refractivity contribution in [2.75, 3.05) is 39.9 Å². The van der Waals surface area contributed by atoms with E-state index >= 15 is 0 Å². The van der Waals surface area contributed by atoms with Gasteiger partial charge in [0, 0.05) is 37.7 Å². The number of rotatable bonds is 5. The topological polar surface area (TPSA) is 50.8 Å². The highest BCUT2D eigenvalue weighted by Gasteiger charge is 2.38. The van der Waals surface area contributed by atoms with Crippen molar-refractivity contribution in [1.29, 1.82) is 0 Å². The highest BCUT2D eigenvalue weighted by atomic mass is 16.5. The van der Waals surface area contributed by atoms with Gasteiger partial charge in [0.25, 0.3) is 0 Å². The number of hydrogen-bond acceptors (Lipinski definition) is 4. The van der Waals surface area contributed by atoms with E-state index < -0.39 is 0 Å². The van der Waals surface area contributed by atoms with Crippen molar-refractivity contribution < 1.29 is 14.3 Å². The maximum atomic E-state index is 13.0. The number of carbonyl (C=O) groups excluding carboxylic acids is 1. The second-order valence-corrected chi connectivity index (χ2v) is 6.57. The van der Waals surface area contributed by atoms with Crippen LogP contribution in [0.25, 0.3) is 0 Å². The van der Waals surface area contributed by atoms with E-state index in [0.717, 1.165) is 56.1 Å². The molecule has 2 heterocycles. The first-order valence-electron chi connectivity index (χ1n) is 9.05. The fourth-order valence-electron chi connectivity index (χ4n) is 3.90. The number of para-hydroxylation sites is 1. The molecule has 1 aromatic rings. The quantitative estimate of drug-likeness (QED) is 0.900. The minimum Gasteiger partial charge on any atom is -0.493 e. The third-order valence-corrected chi connectivity index (χ3v) is 5.12. The predicted octanol–water partition coefficient (Wildman–Crippen LogP) is 2.41. The van der Waals surface area contributed by atoms with Gasteiger partial charge in [0.2, 0.25) is 5.91 Å². The second-order valence-electron chi connectivity index (χ2n) is 6.57. The Morgan fingerprint density at radius 2 is 2.04 bits per heavy atom. The minimum atomic E-state index is -0.0191. The Bertz CT molecular complexity index is 570. The van der Waals surface area contributed by atoms with Gasteiger partial charge in [0.15, 0.2) is 11.5 Å². The average Bonchev–Trinajstić information content (AvgIpc) is 3.11. The summed E-state index contributed by atoms with van der Waals surface area (Å²) in [5.74, 6) is 1.93. The van der Waals surface area contributed by atoms with E-state index in [2.05, 4.69) is 16.3 Å². The number of carbonyl (C=O) groups is 1. The first-order valence-corrected chi connectivity index (χ1v) is 9.05. The molecule has 24 heavy (non-hydrogen) atoms. The predicted molar refractivity (Wildman–Crippen MR) is 93.7 cm³/mol. The Hall–Kier alpha value is -1.75. The van der Waals surface area contributed by atoms with Gasteiger partial charge in [0.1, 0.15) is 0 Å². The van der Waals surface area contributed by atoms with Crippen LogP contribution in [0.2, 0.25) is 0 Å². The van der Waals surface area contributed by atoms with Crippen molar-refractivity contribution in [2.24, 2.45) is 5.92 Å². The molecule has 2 aliphatic rings. The van der Waals surface area contributed by atoms with E-state index in [1.54, 1.807) is 7.11 Å². The monoisotopic (exact) mass is 332 g/mol. The van der Waals surface area contributed by atoms with E-state index in [4.69, 9.17) is 9.47 Å². The number of methoxy groups -OCH3 is 1. The molecule has 2 aliphatic heterocycles. The van der Waals surface area contributed by atoms with Crippen LogP contribution >= 0.6 is 0 Å². The minimum absolute atomic E-state index is 0.0191. The van der Waals surface area contributed by atoms with Crippen molar-refractivity contribution in [3.05, 3.63) is 23.8 Å². The van der Waals surface area contributed by atoms with Gasteiger partial charge in [-0.25, -0.2) is 0 Å². The van der Waals surface area contributed by atoms with Crippen LogP contribution in [0.3, 0.4) is 0 Å². The molecular weight excluding hydrogens is 304 g/mol. The Morgan fingerprint density at radius 1 is 1.25 bits per heavy atom. The maximum absolute atomic E-state index is 13.0. The van der Waals surface area contributed by atoms with Crippen LogP contribution in [0.1, 0.15) is 37.7 Å². The van der Waals surface area contributed by atoms with E-state index in [-0.39, 0.29) is 17.7 Å². The van der Waals surface area contributed by atoms with Gasteiger partial charge in [-0.3, -0.25) is 4.79 Å². The SMILES string of the molecule is CCOc1c(OC)cccc1[C@@H]1CNCC1C(=O)N1CCCCC1. The lowest BCUT2D eigenvalue weighted by Gasteiger charge is -2.31. The van der Waals surface area contributed by atoms with E-state index in [9.17, 15) is 4.79 Å². The van der Waals surface area contributed by atoms with Crippen molar-refractivity contribution in [2.45, 2.75) is 32.1 Å². The summed E-state index contributed by atoms with van der Waals surface area (Å²) in [6, 6.07) is 5.97. The molecule has 0 saturated carbocycles. The molecule has 1 N–H and O–H groups in total. The number of piperidine rings is 1. The fourth-order valence-corrected chi connectivity index (χ4v) is 3.90. The highest BCUT2D eigenvalue weighted by Crippen LogP contribution is 2.40. The van der Waals surface area contributed by atoms with Gasteiger partial charge in [-0.2, -0.15) is 0 Å². The lowest BCUT2D eigenvalue weighted by atomic mass is 9.86. The lowest BCUT2D eigenvalue weighted by molar-refractivity contribution is -0.136. The van der Waals surface area contributed by atoms with Crippen molar-refractivity contribution in [3.63, 3.8) is 0 Å². The Morgan fingerprint density at radius 3 is 2.75 bits per heavy atom. The van der Waals surface area contributed by atoms with Crippen molar-refractivity contribution in [1.82, 2.24) is 10.2 Å². The summed E-state index contributed by atoms with van der Waals surface area (Å²) in [6.45, 7) is 5.90. The third-order valence-electron chi connectivity index (χ3n) is 5.12. The first kappa shape index (κ1) is 17.1. The molecule has 3 rings (SSSR count). The molecule has 2 atom stereocenters. The molecular formula is C19H28N2O3. The fraction of sp³-hybridized carbons (Fsp3) is 0.632. The molecule has 132 valence electrons. The average molecular weight is 332 g/mol. The summed E-state index contributed by atoms with van der Waals surface area (Å²) in [6.07, 6.45) is 3.49. The Balaban J connectivity index is 1.86. The Labute approximate surface area is 144 Å². The second kappa shape index (κ2) is 7.88. The molecule has 1 aromatic carbocycles. The molecule has 0 aromatic heterocycles. The van der Waals surface area contributed by atoms with Gasteiger partial charge in [0.05, 0.1) is 19.6 Å². The number of hydrogen-bond donors (Lipinski definition) is 1. The molecule has 2 fully saturated rings. The normalized spacial score (nSPS) is 24.0. The van der Waals surface area contributed by atoms with Gasteiger partial charge < -0.3 is 19.7 Å². The highest BCUT2D eigenvalue weighted by molar-refractivity contribution is 5.81. The van der Waals surface area contributed by atoms with Gasteiger partial charge in [-0.05, 0) is 32.3 Å². The molecule has 1 unspecified atom stereocenters. The molecule has 5 heteroatoms. The summed E-state index contributed by atoms with van der Waals surface area (Å²) in [7, 11) is 1.66. The van der Waals surface area contributed by atoms with E-state index in [1.807, 2.05) is 19.1 Å². The maximum Gasteiger partial charge on any atom is 0.227 e. The molecule has 0 aliphatic carbocycles. The van der Waals surface area contributed by atoms with Crippen molar-refractivity contribution in [3.8, 4) is 11.5 Å². The van der Waals surface area contributed by atoms with Crippen LogP contribution in [0, 0.1) is 5.92 Å². The summed E-state index contributed by atoms with van der Waals surface area (Å²) < 4.78 is 11.3. The van der Waals surface area contributed by atoms with Crippen LogP contribution in [-0.4, -0.2) is 50.7 Å². The number of amides is 1. The summed E-state index contributed by atoms with van der Waals surface area (Å²) in [5, 5.41) is 3.40. The lowest BCUT2D eigenvalue weighted by Crippen LogP contribution is -2.41. The van der Waals surface area contributed by atoms with E-state index in [0.29, 0.717) is 6.61 Å². The standard InChI is InChI=1S/C19H28N2O3/c1-3-24-18-14(8-7-9-17(18)23-2)15-12-20-13-16(15)19(22)21-10-5-4-6-11-21/h7-9,15-16,20H,3-6,10-13H2,1-2H3/t15-,16?/m0/s1. The molecule has 1 amide bonds. The third kappa shape index (κ3) is 3.36. The molecule has 2 saturated heterocycles. The summed E-state index contributed by atoms with van der Waals surface area (Å²) >= 11 is 0. The van der Waals surface area contributed by atoms with Crippen LogP contribution in [0.4, 0.5) is 0 Å². The Kier molecular flexibility index (Phi) is 5.61. The number of nitrogens with zero attached hydrogens (tertiary/aromatic N) is 1. The largest absolute Gasteiger partial charge is 0.493 e. The van der Waals surface area contributed by atoms with Crippen LogP contribution in [0.15, 0.2) is 18.2 Å². The van der Waals surface area contributed by atoms with Gasteiger partial charge in [-0.1, -0.05) is 12.1 Å². The van der Waals surface area contributed by atoms with Gasteiger partial charge >= 0.3 is 0 Å². The summed E-state index contributed by atoms with van der Waals surface area (Å²) in [5.41, 5.74) is 1.08. The van der Waals surface area contributed by atoms with Crippen molar-refractivity contribution >= 4 is 5.91 Å². The number of nitrogens with one attached hydrogen (secondary N) is 1. The molecule has 0 radical (unpaired) electrons. The zero-order valence-corrected chi connectivity index (χ0v) is 14.7. The van der Waals surface area contributed by atoms with Crippen LogP contribution in [0.5, 0.6) is 11.5 Å². The zero-order chi connectivity index (χ0) is 16.9. The zero-order valence-electron chi connectivity index (χ0n) is 14.7. The number of benzene rings is 1. The van der Waals surface area contributed by atoms with E-state index in [1.165, 1.54) is 6.42 Å². The smallest absolute Gasteiger partial charge is 0.227 e. The molecule has 5 nitrogen and oxygen atoms in total. The summed E-state index contributed by atoms with van der Waals surface area (Å²) in [4.78, 5) is 15.1. The van der Waals surface area contributed by atoms with Crippen LogP contribution in [-0.2, 0) is 4.79 Å². The first-order chi connectivity index (χ1) is 11.8.